The molecule has 7 heteroatoms. The van der Waals surface area contributed by atoms with Gasteiger partial charge in [-0.15, -0.1) is 0 Å². The van der Waals surface area contributed by atoms with Gasteiger partial charge in [0.2, 0.25) is 0 Å². The van der Waals surface area contributed by atoms with Crippen LogP contribution in [0, 0.1) is 27.7 Å². The van der Waals surface area contributed by atoms with E-state index in [0.717, 1.165) is 75.3 Å². The monoisotopic (exact) mass is 608 g/mol. The number of Topliss-reactive ketones (excluding diaryl/α,β-unsaturated/α-hetero) is 2. The average molecular weight is 609 g/mol. The van der Waals surface area contributed by atoms with E-state index in [1.807, 2.05) is 52.0 Å². The van der Waals surface area contributed by atoms with Crippen LogP contribution in [0.5, 0.6) is 11.5 Å². The van der Waals surface area contributed by atoms with Gasteiger partial charge in [0.25, 0.3) is 0 Å². The standard InChI is InChI=1S/C20H22O3.C18H18O4/c1-4-6-13-11(2)9-15-16(10-21)14-7-5-8-17(22)19(14)20(23)18(15)12(13)3;1-9-6-12-14(8-20)11-4-3-5-15(21)17(11)18(22)16(12)10(2)13(9)7-19/h4,6,9,21,23H,5,7-8,10H2,1-3H3;6-7,20,22H,3-5,8H2,1-2H3/b6-4+;. The number of phenolic OH excluding ortho intramolecular Hbond substituents is 2. The number of carbonyl (C=O) groups is 3. The maximum atomic E-state index is 12.4. The number of aryl methyl sites for hydroxylation is 4. The van der Waals surface area contributed by atoms with Gasteiger partial charge in [-0.1, -0.05) is 24.3 Å². The van der Waals surface area contributed by atoms with Crippen LogP contribution in [0.15, 0.2) is 18.2 Å². The summed E-state index contributed by atoms with van der Waals surface area (Å²) in [5, 5.41) is 44.0. The van der Waals surface area contributed by atoms with Crippen LogP contribution in [0.3, 0.4) is 0 Å². The molecule has 0 spiro atoms. The minimum atomic E-state index is -0.189. The predicted octanol–water partition coefficient (Wildman–Crippen LogP) is 7.19. The van der Waals surface area contributed by atoms with Gasteiger partial charge in [-0.25, -0.2) is 0 Å². The molecule has 0 heterocycles. The van der Waals surface area contributed by atoms with Crippen molar-refractivity contribution in [1.82, 2.24) is 0 Å². The normalized spacial score (nSPS) is 14.5. The van der Waals surface area contributed by atoms with Gasteiger partial charge >= 0.3 is 0 Å². The quantitative estimate of drug-likeness (QED) is 0.180. The van der Waals surface area contributed by atoms with Crippen molar-refractivity contribution in [2.75, 3.05) is 0 Å². The molecule has 0 radical (unpaired) electrons. The summed E-state index contributed by atoms with van der Waals surface area (Å²) in [5.41, 5.74) is 8.90. The lowest BCUT2D eigenvalue weighted by atomic mass is 9.81. The van der Waals surface area contributed by atoms with E-state index in [4.69, 9.17) is 0 Å². The minimum Gasteiger partial charge on any atom is -0.507 e. The van der Waals surface area contributed by atoms with E-state index in [1.54, 1.807) is 6.92 Å². The topological polar surface area (TPSA) is 132 Å². The number of fused-ring (bicyclic) bond motifs is 4. The van der Waals surface area contributed by atoms with Gasteiger partial charge in [-0.2, -0.15) is 0 Å². The van der Waals surface area contributed by atoms with Crippen LogP contribution in [0.2, 0.25) is 0 Å². The number of allylic oxidation sites excluding steroid dienone is 1. The third-order valence-corrected chi connectivity index (χ3v) is 9.58. The second kappa shape index (κ2) is 12.6. The Morgan fingerprint density at radius 2 is 1.11 bits per heavy atom. The van der Waals surface area contributed by atoms with Crippen molar-refractivity contribution in [3.8, 4) is 11.5 Å². The Balaban J connectivity index is 0.000000178. The predicted molar refractivity (Wildman–Crippen MR) is 177 cm³/mol. The third kappa shape index (κ3) is 5.14. The highest BCUT2D eigenvalue weighted by molar-refractivity contribution is 6.11. The molecule has 7 nitrogen and oxygen atoms in total. The highest BCUT2D eigenvalue weighted by Gasteiger charge is 2.29. The molecular formula is C38H40O7. The molecule has 4 aromatic carbocycles. The van der Waals surface area contributed by atoms with E-state index in [9.17, 15) is 34.8 Å². The number of hydrogen-bond acceptors (Lipinski definition) is 7. The molecule has 0 saturated heterocycles. The Bertz CT molecular complexity index is 1950. The number of ketones is 2. The number of aldehydes is 1. The first kappa shape index (κ1) is 32.1. The first-order valence-electron chi connectivity index (χ1n) is 15.5. The number of rotatable bonds is 4. The van der Waals surface area contributed by atoms with Crippen molar-refractivity contribution in [3.05, 3.63) is 85.0 Å². The van der Waals surface area contributed by atoms with Crippen LogP contribution in [0.25, 0.3) is 27.6 Å². The fraction of sp³-hybridized carbons (Fsp3) is 0.342. The SMILES string of the molecule is C/C=C/c1c(C)cc2c(CO)c3c(c(O)c2c1C)C(=O)CCC3.Cc1cc2c(CO)c3c(c(O)c2c(C)c1C=O)C(=O)CCC3. The van der Waals surface area contributed by atoms with Gasteiger partial charge in [0.15, 0.2) is 17.9 Å². The second-order valence-corrected chi connectivity index (χ2v) is 12.2. The van der Waals surface area contributed by atoms with E-state index >= 15 is 0 Å². The lowest BCUT2D eigenvalue weighted by molar-refractivity contribution is 0.0960. The third-order valence-electron chi connectivity index (χ3n) is 9.58. The van der Waals surface area contributed by atoms with E-state index in [0.29, 0.717) is 57.9 Å². The number of aliphatic hydroxyl groups is 2. The molecule has 4 N–H and O–H groups in total. The van der Waals surface area contributed by atoms with Crippen molar-refractivity contribution < 1.29 is 34.8 Å². The van der Waals surface area contributed by atoms with Crippen molar-refractivity contribution in [2.24, 2.45) is 0 Å². The Hall–Kier alpha value is -4.33. The number of benzene rings is 4. The Morgan fingerprint density at radius 1 is 0.689 bits per heavy atom. The fourth-order valence-corrected chi connectivity index (χ4v) is 7.47. The molecule has 2 aliphatic rings. The molecule has 45 heavy (non-hydrogen) atoms. The van der Waals surface area contributed by atoms with Crippen LogP contribution in [-0.4, -0.2) is 38.3 Å². The van der Waals surface area contributed by atoms with Gasteiger partial charge in [0.1, 0.15) is 11.5 Å². The molecule has 234 valence electrons. The molecule has 0 aromatic heterocycles. The average Bonchev–Trinajstić information content (AvgIpc) is 3.00. The first-order valence-corrected chi connectivity index (χ1v) is 15.5. The zero-order valence-corrected chi connectivity index (χ0v) is 26.6. The summed E-state index contributed by atoms with van der Waals surface area (Å²) in [6.07, 6.45) is 8.53. The lowest BCUT2D eigenvalue weighted by Crippen LogP contribution is -2.15. The molecular weight excluding hydrogens is 568 g/mol. The number of carbonyl (C=O) groups excluding carboxylic acids is 3. The Kier molecular flexibility index (Phi) is 8.97. The van der Waals surface area contributed by atoms with E-state index in [2.05, 4.69) is 0 Å². The van der Waals surface area contributed by atoms with Crippen LogP contribution in [-0.2, 0) is 26.1 Å². The van der Waals surface area contributed by atoms with Gasteiger partial charge < -0.3 is 20.4 Å². The Morgan fingerprint density at radius 3 is 1.51 bits per heavy atom. The summed E-state index contributed by atoms with van der Waals surface area (Å²) in [6.45, 7) is 9.24. The maximum absolute atomic E-state index is 12.4. The zero-order valence-electron chi connectivity index (χ0n) is 26.6. The van der Waals surface area contributed by atoms with E-state index in [-0.39, 0.29) is 36.3 Å². The van der Waals surface area contributed by atoms with Crippen molar-refractivity contribution in [2.45, 2.75) is 86.4 Å². The summed E-state index contributed by atoms with van der Waals surface area (Å²) >= 11 is 0. The number of hydrogen-bond donors (Lipinski definition) is 4. The molecule has 2 aliphatic carbocycles. The van der Waals surface area contributed by atoms with E-state index in [1.165, 1.54) is 0 Å². The van der Waals surface area contributed by atoms with Gasteiger partial charge in [0, 0.05) is 29.2 Å². The number of phenols is 2. The molecule has 0 saturated carbocycles. The first-order chi connectivity index (χ1) is 21.5. The highest BCUT2D eigenvalue weighted by Crippen LogP contribution is 2.44. The van der Waals surface area contributed by atoms with Gasteiger partial charge in [0.05, 0.1) is 24.3 Å². The molecule has 4 aromatic rings. The van der Waals surface area contributed by atoms with Crippen molar-refractivity contribution >= 4 is 45.5 Å². The molecule has 6 rings (SSSR count). The van der Waals surface area contributed by atoms with Crippen molar-refractivity contribution in [3.63, 3.8) is 0 Å². The largest absolute Gasteiger partial charge is 0.507 e. The lowest BCUT2D eigenvalue weighted by Gasteiger charge is -2.23. The van der Waals surface area contributed by atoms with Crippen LogP contribution in [0.4, 0.5) is 0 Å². The van der Waals surface area contributed by atoms with Gasteiger partial charge in [-0.05, 0) is 121 Å². The van der Waals surface area contributed by atoms with Crippen molar-refractivity contribution in [1.29, 1.82) is 0 Å². The molecule has 0 bridgehead atoms. The van der Waals surface area contributed by atoms with Crippen LogP contribution < -0.4 is 0 Å². The van der Waals surface area contributed by atoms with E-state index < -0.39 is 0 Å². The maximum Gasteiger partial charge on any atom is 0.166 e. The zero-order chi connectivity index (χ0) is 32.7. The summed E-state index contributed by atoms with van der Waals surface area (Å²) in [7, 11) is 0. The molecule has 0 aliphatic heterocycles. The summed E-state index contributed by atoms with van der Waals surface area (Å²) < 4.78 is 0. The molecule has 0 unspecified atom stereocenters. The van der Waals surface area contributed by atoms with Crippen LogP contribution >= 0.6 is 0 Å². The molecule has 0 atom stereocenters. The fourth-order valence-electron chi connectivity index (χ4n) is 7.47. The molecule has 0 amide bonds. The highest BCUT2D eigenvalue weighted by atomic mass is 16.3. The summed E-state index contributed by atoms with van der Waals surface area (Å²) in [4.78, 5) is 35.9. The summed E-state index contributed by atoms with van der Waals surface area (Å²) in [6, 6.07) is 3.83. The minimum absolute atomic E-state index is 0.0205. The number of aromatic hydroxyl groups is 2. The second-order valence-electron chi connectivity index (χ2n) is 12.2. The van der Waals surface area contributed by atoms with Crippen LogP contribution in [0.1, 0.15) is 114 Å². The number of aliphatic hydroxyl groups excluding tert-OH is 2. The smallest absolute Gasteiger partial charge is 0.166 e. The molecule has 0 fully saturated rings. The van der Waals surface area contributed by atoms with Gasteiger partial charge in [-0.3, -0.25) is 14.4 Å². The Labute approximate surface area is 262 Å². The summed E-state index contributed by atoms with van der Waals surface area (Å²) in [5.74, 6) is -0.0801.